The van der Waals surface area contributed by atoms with Gasteiger partial charge in [0, 0.05) is 18.3 Å². The Balaban J connectivity index is 2.39. The predicted molar refractivity (Wildman–Crippen MR) is 90.9 cm³/mol. The van der Waals surface area contributed by atoms with E-state index in [-0.39, 0.29) is 17.0 Å². The predicted octanol–water partition coefficient (Wildman–Crippen LogP) is 2.33. The van der Waals surface area contributed by atoms with Gasteiger partial charge in [0.25, 0.3) is 5.91 Å². The fourth-order valence-electron chi connectivity index (χ4n) is 2.84. The Morgan fingerprint density at radius 2 is 1.77 bits per heavy atom. The van der Waals surface area contributed by atoms with Crippen LogP contribution in [0, 0.1) is 25.5 Å². The molecule has 2 aromatic rings. The second-order valence-electron chi connectivity index (χ2n) is 5.88. The Hall–Kier alpha value is -3.03. The minimum Gasteiger partial charge on any atom is -0.357 e. The van der Waals surface area contributed by atoms with Crippen LogP contribution in [0.1, 0.15) is 50.6 Å². The zero-order valence-electron chi connectivity index (χ0n) is 14.8. The number of rotatable bonds is 5. The second kappa shape index (κ2) is 7.47. The minimum absolute atomic E-state index is 0.0873. The topological polar surface area (TPSA) is 91.1 Å². The third-order valence-electron chi connectivity index (χ3n) is 4.08. The van der Waals surface area contributed by atoms with E-state index in [0.29, 0.717) is 16.8 Å². The summed E-state index contributed by atoms with van der Waals surface area (Å²) in [6, 6.07) is 1.71. The number of ketones is 1. The van der Waals surface area contributed by atoms with E-state index in [1.807, 2.05) is 0 Å². The summed E-state index contributed by atoms with van der Waals surface area (Å²) in [4.78, 5) is 39.3. The number of H-pyrrole nitrogens is 1. The molecule has 1 atom stereocenters. The Morgan fingerprint density at radius 1 is 1.12 bits per heavy atom. The number of carbonyl (C=O) groups is 3. The summed E-state index contributed by atoms with van der Waals surface area (Å²) in [6.07, 6.45) is 0. The maximum atomic E-state index is 13.5. The van der Waals surface area contributed by atoms with Crippen LogP contribution in [0.15, 0.2) is 18.2 Å². The number of aromatic amines is 1. The first-order valence-corrected chi connectivity index (χ1v) is 7.84. The molecule has 2 rings (SSSR count). The molecule has 0 saturated heterocycles. The first kappa shape index (κ1) is 19.3. The molecule has 138 valence electrons. The van der Waals surface area contributed by atoms with Crippen LogP contribution in [-0.4, -0.2) is 29.6 Å². The standard InChI is InChI=1S/C18H19F2N3O3/c1-8-14(10(3)24)9(2)22-15(8)18(26)23-16(17(25)21-4)11-5-6-12(19)13(20)7-11/h5-7,16,22H,1-4H3,(H,21,25)(H,23,26). The largest absolute Gasteiger partial charge is 0.357 e. The zero-order chi connectivity index (χ0) is 19.6. The van der Waals surface area contributed by atoms with Crippen LogP contribution < -0.4 is 10.6 Å². The van der Waals surface area contributed by atoms with Gasteiger partial charge in [-0.15, -0.1) is 0 Å². The summed E-state index contributed by atoms with van der Waals surface area (Å²) in [5.41, 5.74) is 1.60. The molecule has 3 N–H and O–H groups in total. The normalized spacial score (nSPS) is 11.8. The van der Waals surface area contributed by atoms with E-state index < -0.39 is 29.5 Å². The molecule has 1 aromatic heterocycles. The maximum absolute atomic E-state index is 13.5. The van der Waals surface area contributed by atoms with Gasteiger partial charge in [-0.1, -0.05) is 6.07 Å². The van der Waals surface area contributed by atoms with Gasteiger partial charge >= 0.3 is 0 Å². The van der Waals surface area contributed by atoms with E-state index in [9.17, 15) is 23.2 Å². The lowest BCUT2D eigenvalue weighted by Gasteiger charge is -2.18. The van der Waals surface area contributed by atoms with Crippen molar-refractivity contribution in [3.05, 3.63) is 57.9 Å². The number of benzene rings is 1. The molecule has 0 radical (unpaired) electrons. The van der Waals surface area contributed by atoms with Gasteiger partial charge < -0.3 is 15.6 Å². The van der Waals surface area contributed by atoms with Crippen LogP contribution in [0.3, 0.4) is 0 Å². The number of hydrogen-bond donors (Lipinski definition) is 3. The van der Waals surface area contributed by atoms with E-state index >= 15 is 0 Å². The number of carbonyl (C=O) groups excluding carboxylic acids is 3. The number of hydrogen-bond acceptors (Lipinski definition) is 3. The summed E-state index contributed by atoms with van der Waals surface area (Å²) in [7, 11) is 1.36. The Morgan fingerprint density at radius 3 is 2.27 bits per heavy atom. The smallest absolute Gasteiger partial charge is 0.268 e. The van der Waals surface area contributed by atoms with Gasteiger partial charge in [0.1, 0.15) is 11.7 Å². The van der Waals surface area contributed by atoms with Crippen molar-refractivity contribution >= 4 is 17.6 Å². The molecule has 0 bridgehead atoms. The van der Waals surface area contributed by atoms with Gasteiger partial charge in [0.15, 0.2) is 17.4 Å². The molecule has 0 aliphatic carbocycles. The van der Waals surface area contributed by atoms with Gasteiger partial charge in [0.05, 0.1) is 0 Å². The van der Waals surface area contributed by atoms with Crippen molar-refractivity contribution in [2.45, 2.75) is 26.8 Å². The molecule has 26 heavy (non-hydrogen) atoms. The van der Waals surface area contributed by atoms with Crippen molar-refractivity contribution in [3.8, 4) is 0 Å². The lowest BCUT2D eigenvalue weighted by Crippen LogP contribution is -2.39. The van der Waals surface area contributed by atoms with E-state index in [0.717, 1.165) is 12.1 Å². The van der Waals surface area contributed by atoms with E-state index in [2.05, 4.69) is 15.6 Å². The fraction of sp³-hybridized carbons (Fsp3) is 0.278. The highest BCUT2D eigenvalue weighted by molar-refractivity contribution is 6.03. The van der Waals surface area contributed by atoms with E-state index in [4.69, 9.17) is 0 Å². The second-order valence-corrected chi connectivity index (χ2v) is 5.88. The van der Waals surface area contributed by atoms with Crippen molar-refractivity contribution in [2.75, 3.05) is 7.05 Å². The Kier molecular flexibility index (Phi) is 5.54. The SMILES string of the molecule is CNC(=O)C(NC(=O)c1[nH]c(C)c(C(C)=O)c1C)c1ccc(F)c(F)c1. The molecule has 0 fully saturated rings. The van der Waals surface area contributed by atoms with Crippen molar-refractivity contribution in [3.63, 3.8) is 0 Å². The van der Waals surface area contributed by atoms with Crippen molar-refractivity contribution in [1.29, 1.82) is 0 Å². The summed E-state index contributed by atoms with van der Waals surface area (Å²) >= 11 is 0. The van der Waals surface area contributed by atoms with Gasteiger partial charge in [-0.25, -0.2) is 8.78 Å². The number of amides is 2. The molecule has 1 heterocycles. The molecule has 1 aromatic carbocycles. The number of aromatic nitrogens is 1. The van der Waals surface area contributed by atoms with Gasteiger partial charge in [-0.2, -0.15) is 0 Å². The quantitative estimate of drug-likeness (QED) is 0.712. The number of likely N-dealkylation sites (N-methyl/N-ethyl adjacent to an activating group) is 1. The van der Waals surface area contributed by atoms with Gasteiger partial charge in [0.2, 0.25) is 5.91 Å². The average Bonchev–Trinajstić information content (AvgIpc) is 2.89. The number of nitrogens with one attached hydrogen (secondary N) is 3. The Bertz CT molecular complexity index is 890. The van der Waals surface area contributed by atoms with Gasteiger partial charge in [-0.3, -0.25) is 14.4 Å². The fourth-order valence-corrected chi connectivity index (χ4v) is 2.84. The molecular weight excluding hydrogens is 344 g/mol. The monoisotopic (exact) mass is 363 g/mol. The summed E-state index contributed by atoms with van der Waals surface area (Å²) in [6.45, 7) is 4.66. The summed E-state index contributed by atoms with van der Waals surface area (Å²) in [5.74, 6) is -3.62. The lowest BCUT2D eigenvalue weighted by atomic mass is 10.0. The molecule has 1 unspecified atom stereocenters. The number of Topliss-reactive ketones (excluding diaryl/α,β-unsaturated/α-hetero) is 1. The van der Waals surface area contributed by atoms with Crippen LogP contribution in [0.2, 0.25) is 0 Å². The molecule has 0 aliphatic heterocycles. The summed E-state index contributed by atoms with van der Waals surface area (Å²) < 4.78 is 26.7. The third kappa shape index (κ3) is 3.63. The summed E-state index contributed by atoms with van der Waals surface area (Å²) in [5, 5.41) is 4.85. The van der Waals surface area contributed by atoms with Crippen molar-refractivity contribution < 1.29 is 23.2 Å². The molecule has 0 saturated carbocycles. The number of aryl methyl sites for hydroxylation is 1. The van der Waals surface area contributed by atoms with E-state index in [1.54, 1.807) is 13.8 Å². The number of halogens is 2. The van der Waals surface area contributed by atoms with Crippen molar-refractivity contribution in [1.82, 2.24) is 15.6 Å². The van der Waals surface area contributed by atoms with Crippen LogP contribution >= 0.6 is 0 Å². The molecule has 2 amide bonds. The van der Waals surface area contributed by atoms with Crippen LogP contribution in [0.5, 0.6) is 0 Å². The third-order valence-corrected chi connectivity index (χ3v) is 4.08. The van der Waals surface area contributed by atoms with Crippen LogP contribution in [-0.2, 0) is 4.79 Å². The molecular formula is C18H19F2N3O3. The minimum atomic E-state index is -1.23. The van der Waals surface area contributed by atoms with E-state index in [1.165, 1.54) is 20.0 Å². The molecule has 8 heteroatoms. The highest BCUT2D eigenvalue weighted by Crippen LogP contribution is 2.21. The molecule has 6 nitrogen and oxygen atoms in total. The zero-order valence-corrected chi connectivity index (χ0v) is 14.8. The highest BCUT2D eigenvalue weighted by Gasteiger charge is 2.26. The van der Waals surface area contributed by atoms with Crippen molar-refractivity contribution in [2.24, 2.45) is 0 Å². The molecule has 0 aliphatic rings. The molecule has 0 spiro atoms. The van der Waals surface area contributed by atoms with Crippen LogP contribution in [0.25, 0.3) is 0 Å². The first-order valence-electron chi connectivity index (χ1n) is 7.84. The lowest BCUT2D eigenvalue weighted by molar-refractivity contribution is -0.122. The maximum Gasteiger partial charge on any atom is 0.268 e. The van der Waals surface area contributed by atoms with Crippen LogP contribution in [0.4, 0.5) is 8.78 Å². The first-order chi connectivity index (χ1) is 12.2. The van der Waals surface area contributed by atoms with Gasteiger partial charge in [-0.05, 0) is 44.0 Å². The highest BCUT2D eigenvalue weighted by atomic mass is 19.2. The Labute approximate surface area is 149 Å². The average molecular weight is 363 g/mol.